The van der Waals surface area contributed by atoms with Crippen molar-refractivity contribution in [3.05, 3.63) is 53.4 Å². The van der Waals surface area contributed by atoms with Gasteiger partial charge in [0.1, 0.15) is 5.69 Å². The summed E-state index contributed by atoms with van der Waals surface area (Å²) in [6.45, 7) is 0. The van der Waals surface area contributed by atoms with Crippen LogP contribution in [0.5, 0.6) is 0 Å². The third-order valence-corrected chi connectivity index (χ3v) is 3.53. The van der Waals surface area contributed by atoms with Gasteiger partial charge < -0.3 is 5.32 Å². The van der Waals surface area contributed by atoms with Crippen LogP contribution < -0.4 is 5.32 Å². The Morgan fingerprint density at radius 2 is 1.91 bits per heavy atom. The van der Waals surface area contributed by atoms with Crippen molar-refractivity contribution in [1.29, 1.82) is 0 Å². The van der Waals surface area contributed by atoms with Gasteiger partial charge in [-0.25, -0.2) is 8.78 Å². The molecule has 0 bridgehead atoms. The number of nitrogens with zero attached hydrogens (tertiary/aromatic N) is 1. The summed E-state index contributed by atoms with van der Waals surface area (Å²) in [5, 5.41) is 2.26. The van der Waals surface area contributed by atoms with Crippen LogP contribution in [-0.4, -0.2) is 17.1 Å². The van der Waals surface area contributed by atoms with Crippen LogP contribution in [0, 0.1) is 11.6 Å². The lowest BCUT2D eigenvalue weighted by atomic mass is 10.2. The predicted octanol–water partition coefficient (Wildman–Crippen LogP) is 4.35. The normalized spacial score (nSPS) is 11.4. The van der Waals surface area contributed by atoms with Gasteiger partial charge in [0.05, 0.1) is 5.56 Å². The molecule has 2 rings (SSSR count). The second-order valence-electron chi connectivity index (χ2n) is 4.36. The maximum atomic E-state index is 13.4. The summed E-state index contributed by atoms with van der Waals surface area (Å²) in [5.41, 5.74) is -1.31. The molecule has 0 saturated carbocycles. The number of amides is 1. The van der Waals surface area contributed by atoms with Crippen molar-refractivity contribution in [1.82, 2.24) is 4.98 Å². The lowest BCUT2D eigenvalue weighted by Crippen LogP contribution is -2.15. The van der Waals surface area contributed by atoms with Crippen LogP contribution in [0.2, 0.25) is 0 Å². The van der Waals surface area contributed by atoms with Crippen LogP contribution >= 0.6 is 11.8 Å². The highest BCUT2D eigenvalue weighted by atomic mass is 32.2. The average molecular weight is 348 g/mol. The molecule has 0 saturated heterocycles. The molecular formula is C14H9F5N2OS. The third kappa shape index (κ3) is 3.98. The summed E-state index contributed by atoms with van der Waals surface area (Å²) < 4.78 is 64.0. The summed E-state index contributed by atoms with van der Waals surface area (Å²) in [4.78, 5) is 15.3. The Morgan fingerprint density at radius 3 is 2.43 bits per heavy atom. The number of carbonyl (C=O) groups is 1. The highest BCUT2D eigenvalue weighted by molar-refractivity contribution is 7.98. The fraction of sp³-hybridized carbons (Fsp3) is 0.143. The molecule has 1 amide bonds. The minimum Gasteiger partial charge on any atom is -0.321 e. The monoisotopic (exact) mass is 348 g/mol. The molecule has 0 radical (unpaired) electrons. The molecule has 1 heterocycles. The number of carbonyl (C=O) groups excluding carboxylic acids is 1. The van der Waals surface area contributed by atoms with E-state index >= 15 is 0 Å². The molecule has 0 unspecified atom stereocenters. The van der Waals surface area contributed by atoms with E-state index in [0.29, 0.717) is 12.3 Å². The largest absolute Gasteiger partial charge is 0.417 e. The van der Waals surface area contributed by atoms with Gasteiger partial charge in [0.15, 0.2) is 11.6 Å². The second-order valence-corrected chi connectivity index (χ2v) is 5.21. The Kier molecular flexibility index (Phi) is 4.88. The lowest BCUT2D eigenvalue weighted by molar-refractivity contribution is -0.137. The Hall–Kier alpha value is -2.16. The summed E-state index contributed by atoms with van der Waals surface area (Å²) in [7, 11) is 0. The van der Waals surface area contributed by atoms with Crippen molar-refractivity contribution in [3.63, 3.8) is 0 Å². The van der Waals surface area contributed by atoms with E-state index in [4.69, 9.17) is 0 Å². The van der Waals surface area contributed by atoms with Crippen molar-refractivity contribution in [2.24, 2.45) is 0 Å². The number of rotatable bonds is 3. The van der Waals surface area contributed by atoms with Gasteiger partial charge in [-0.2, -0.15) is 13.2 Å². The van der Waals surface area contributed by atoms with Gasteiger partial charge >= 0.3 is 6.18 Å². The van der Waals surface area contributed by atoms with Gasteiger partial charge in [0.25, 0.3) is 5.91 Å². The minimum atomic E-state index is -4.56. The number of alkyl halides is 3. The summed E-state index contributed by atoms with van der Waals surface area (Å²) >= 11 is 0.944. The van der Waals surface area contributed by atoms with Crippen molar-refractivity contribution < 1.29 is 26.7 Å². The molecule has 2 aromatic rings. The van der Waals surface area contributed by atoms with E-state index in [1.807, 2.05) is 0 Å². The van der Waals surface area contributed by atoms with Crippen LogP contribution in [0.25, 0.3) is 0 Å². The molecule has 0 fully saturated rings. The van der Waals surface area contributed by atoms with Gasteiger partial charge in [-0.05, 0) is 24.5 Å². The maximum Gasteiger partial charge on any atom is 0.417 e. The molecule has 0 aliphatic heterocycles. The van der Waals surface area contributed by atoms with Crippen LogP contribution in [0.4, 0.5) is 27.6 Å². The van der Waals surface area contributed by atoms with E-state index in [1.54, 1.807) is 0 Å². The smallest absolute Gasteiger partial charge is 0.321 e. The number of pyridine rings is 1. The molecule has 9 heteroatoms. The highest BCUT2D eigenvalue weighted by Crippen LogP contribution is 2.29. The molecule has 0 spiro atoms. The number of nitrogens with one attached hydrogen (secondary N) is 1. The molecule has 0 atom stereocenters. The number of aromatic nitrogens is 1. The Labute approximate surface area is 131 Å². The number of anilines is 1. The first-order valence-corrected chi connectivity index (χ1v) is 7.32. The molecule has 1 N–H and O–H groups in total. The zero-order valence-electron chi connectivity index (χ0n) is 11.5. The van der Waals surface area contributed by atoms with E-state index in [2.05, 4.69) is 10.3 Å². The molecule has 0 aliphatic carbocycles. The topological polar surface area (TPSA) is 42.0 Å². The fourth-order valence-corrected chi connectivity index (χ4v) is 2.20. The number of benzene rings is 1. The van der Waals surface area contributed by atoms with Gasteiger partial charge in [0, 0.05) is 22.8 Å². The fourth-order valence-electron chi connectivity index (χ4n) is 1.68. The van der Waals surface area contributed by atoms with Crippen molar-refractivity contribution in [2.75, 3.05) is 11.6 Å². The maximum absolute atomic E-state index is 13.4. The highest BCUT2D eigenvalue weighted by Gasteiger charge is 2.30. The number of thioether (sulfide) groups is 1. The van der Waals surface area contributed by atoms with E-state index in [1.165, 1.54) is 12.3 Å². The third-order valence-electron chi connectivity index (χ3n) is 2.80. The Bertz CT molecular complexity index is 731. The first-order valence-electron chi connectivity index (χ1n) is 6.10. The first kappa shape index (κ1) is 17.2. The SMILES string of the molecule is CSc1cc(NC(=O)c2ccc(C(F)(F)F)cn2)cc(F)c1F. The molecule has 122 valence electrons. The van der Waals surface area contributed by atoms with Gasteiger partial charge in [-0.3, -0.25) is 9.78 Å². The van der Waals surface area contributed by atoms with E-state index < -0.39 is 29.3 Å². The number of halogens is 5. The summed E-state index contributed by atoms with van der Waals surface area (Å²) in [6.07, 6.45) is -2.51. The van der Waals surface area contributed by atoms with Gasteiger partial charge in [0.2, 0.25) is 0 Å². The first-order chi connectivity index (χ1) is 10.7. The van der Waals surface area contributed by atoms with E-state index in [-0.39, 0.29) is 16.3 Å². The molecule has 0 aliphatic rings. The average Bonchev–Trinajstić information content (AvgIpc) is 2.50. The van der Waals surface area contributed by atoms with Gasteiger partial charge in [-0.1, -0.05) is 0 Å². The van der Waals surface area contributed by atoms with Crippen LogP contribution in [0.3, 0.4) is 0 Å². The Balaban J connectivity index is 2.21. The van der Waals surface area contributed by atoms with Crippen molar-refractivity contribution >= 4 is 23.4 Å². The molecule has 3 nitrogen and oxygen atoms in total. The lowest BCUT2D eigenvalue weighted by Gasteiger charge is -2.09. The minimum absolute atomic E-state index is 0.0133. The Morgan fingerprint density at radius 1 is 1.22 bits per heavy atom. The van der Waals surface area contributed by atoms with Crippen LogP contribution in [0.15, 0.2) is 35.4 Å². The van der Waals surface area contributed by atoms with Crippen molar-refractivity contribution in [3.8, 4) is 0 Å². The van der Waals surface area contributed by atoms with E-state index in [0.717, 1.165) is 23.9 Å². The number of hydrogen-bond acceptors (Lipinski definition) is 3. The van der Waals surface area contributed by atoms with Gasteiger partial charge in [-0.15, -0.1) is 11.8 Å². The second kappa shape index (κ2) is 6.53. The predicted molar refractivity (Wildman–Crippen MR) is 75.3 cm³/mol. The zero-order chi connectivity index (χ0) is 17.2. The standard InChI is InChI=1S/C14H9F5N2OS/c1-23-11-5-8(4-9(15)12(11)16)21-13(22)10-3-2-7(6-20-10)14(17,18)19/h2-6H,1H3,(H,21,22). The molecule has 1 aromatic heterocycles. The molecular weight excluding hydrogens is 339 g/mol. The zero-order valence-corrected chi connectivity index (χ0v) is 12.4. The van der Waals surface area contributed by atoms with Crippen molar-refractivity contribution in [2.45, 2.75) is 11.1 Å². The van der Waals surface area contributed by atoms with Crippen LogP contribution in [-0.2, 0) is 6.18 Å². The molecule has 23 heavy (non-hydrogen) atoms. The summed E-state index contributed by atoms with van der Waals surface area (Å²) in [5.74, 6) is -3.02. The number of hydrogen-bond donors (Lipinski definition) is 1. The van der Waals surface area contributed by atoms with Crippen LogP contribution in [0.1, 0.15) is 16.1 Å². The van der Waals surface area contributed by atoms with E-state index in [9.17, 15) is 26.7 Å². The summed E-state index contributed by atoms with van der Waals surface area (Å²) in [6, 6.07) is 3.59. The molecule has 1 aromatic carbocycles. The quantitative estimate of drug-likeness (QED) is 0.662.